The van der Waals surface area contributed by atoms with E-state index in [0.717, 1.165) is 96.3 Å². The van der Waals surface area contributed by atoms with Crippen molar-refractivity contribution >= 4 is 17.9 Å². The molecule has 0 unspecified atom stereocenters. The zero-order valence-corrected chi connectivity index (χ0v) is 43.7. The predicted molar refractivity (Wildman–Crippen MR) is 284 cm³/mol. The fourth-order valence-electron chi connectivity index (χ4n) is 8.06. The molecule has 1 atom stereocenters. The highest BCUT2D eigenvalue weighted by Gasteiger charge is 2.19. The zero-order valence-electron chi connectivity index (χ0n) is 43.7. The van der Waals surface area contributed by atoms with Crippen LogP contribution in [0.25, 0.3) is 0 Å². The summed E-state index contributed by atoms with van der Waals surface area (Å²) in [4.78, 5) is 38.1. The summed E-state index contributed by atoms with van der Waals surface area (Å²) >= 11 is 0. The fourth-order valence-corrected chi connectivity index (χ4v) is 8.06. The Hall–Kier alpha value is -2.89. The van der Waals surface area contributed by atoms with Gasteiger partial charge in [-0.15, -0.1) is 0 Å². The van der Waals surface area contributed by atoms with Crippen molar-refractivity contribution in [3.8, 4) is 0 Å². The van der Waals surface area contributed by atoms with Crippen LogP contribution in [-0.4, -0.2) is 37.2 Å². The van der Waals surface area contributed by atoms with Gasteiger partial charge >= 0.3 is 17.9 Å². The van der Waals surface area contributed by atoms with E-state index >= 15 is 0 Å². The molecule has 0 heterocycles. The summed E-state index contributed by atoms with van der Waals surface area (Å²) in [5.74, 6) is -0.904. The maximum absolute atomic E-state index is 12.8. The number of allylic oxidation sites excluding steroid dienone is 10. The van der Waals surface area contributed by atoms with Crippen molar-refractivity contribution in [3.63, 3.8) is 0 Å². The molecule has 382 valence electrons. The van der Waals surface area contributed by atoms with Gasteiger partial charge in [-0.05, 0) is 64.2 Å². The Balaban J connectivity index is 4.40. The monoisotopic (exact) mass is 923 g/mol. The molecule has 0 aromatic carbocycles. The van der Waals surface area contributed by atoms with Gasteiger partial charge in [0.05, 0.1) is 0 Å². The van der Waals surface area contributed by atoms with Crippen LogP contribution in [0.1, 0.15) is 284 Å². The fraction of sp³-hybridized carbons (Fsp3) is 0.783. The summed E-state index contributed by atoms with van der Waals surface area (Å²) in [6.07, 6.45) is 67.8. The van der Waals surface area contributed by atoms with Crippen LogP contribution in [0, 0.1) is 0 Å². The van der Waals surface area contributed by atoms with E-state index in [1.165, 1.54) is 148 Å². The van der Waals surface area contributed by atoms with Gasteiger partial charge in [-0.3, -0.25) is 14.4 Å². The molecule has 6 heteroatoms. The van der Waals surface area contributed by atoms with Gasteiger partial charge in [-0.1, -0.05) is 261 Å². The van der Waals surface area contributed by atoms with Crippen LogP contribution in [0.3, 0.4) is 0 Å². The lowest BCUT2D eigenvalue weighted by atomic mass is 10.0. The summed E-state index contributed by atoms with van der Waals surface area (Å²) in [7, 11) is 0. The van der Waals surface area contributed by atoms with E-state index in [1.54, 1.807) is 0 Å². The molecular weight excluding hydrogens is 817 g/mol. The van der Waals surface area contributed by atoms with E-state index in [-0.39, 0.29) is 31.1 Å². The Kier molecular flexibility index (Phi) is 52.3. The van der Waals surface area contributed by atoms with Crippen LogP contribution in [-0.2, 0) is 28.6 Å². The van der Waals surface area contributed by atoms with Gasteiger partial charge in [0.25, 0.3) is 0 Å². The molecule has 0 saturated carbocycles. The van der Waals surface area contributed by atoms with Crippen LogP contribution in [0.5, 0.6) is 0 Å². The third-order valence-corrected chi connectivity index (χ3v) is 12.3. The number of esters is 3. The lowest BCUT2D eigenvalue weighted by Crippen LogP contribution is -2.30. The average Bonchev–Trinajstić information content (AvgIpc) is 3.31. The first-order valence-corrected chi connectivity index (χ1v) is 28.3. The number of carbonyl (C=O) groups excluding carboxylic acids is 3. The minimum atomic E-state index is -0.788. The van der Waals surface area contributed by atoms with Gasteiger partial charge in [0.15, 0.2) is 6.10 Å². The largest absolute Gasteiger partial charge is 0.462 e. The SMILES string of the molecule is CC/C=C\C/C=C\C/C=C\C/C=C\C/C=C\CCCCCC(=O)O[C@@H](COC(=O)CCCCCCCCCCCCCC)COC(=O)CCCCCCCCCCCCCCCCCCC. The quantitative estimate of drug-likeness (QED) is 0.0262. The Morgan fingerprint density at radius 3 is 0.924 bits per heavy atom. The lowest BCUT2D eigenvalue weighted by molar-refractivity contribution is -0.167. The molecule has 0 aliphatic carbocycles. The number of hydrogen-bond acceptors (Lipinski definition) is 6. The van der Waals surface area contributed by atoms with Gasteiger partial charge in [0.1, 0.15) is 13.2 Å². The third-order valence-electron chi connectivity index (χ3n) is 12.3. The molecular formula is C60H106O6. The van der Waals surface area contributed by atoms with E-state index < -0.39 is 6.10 Å². The second-order valence-corrected chi connectivity index (χ2v) is 18.8. The Morgan fingerprint density at radius 1 is 0.318 bits per heavy atom. The highest BCUT2D eigenvalue weighted by Crippen LogP contribution is 2.16. The van der Waals surface area contributed by atoms with Crippen molar-refractivity contribution in [1.29, 1.82) is 0 Å². The maximum Gasteiger partial charge on any atom is 0.306 e. The molecule has 66 heavy (non-hydrogen) atoms. The van der Waals surface area contributed by atoms with Crippen molar-refractivity contribution < 1.29 is 28.6 Å². The highest BCUT2D eigenvalue weighted by molar-refractivity contribution is 5.71. The van der Waals surface area contributed by atoms with Crippen molar-refractivity contribution in [1.82, 2.24) is 0 Å². The summed E-state index contributed by atoms with van der Waals surface area (Å²) < 4.78 is 16.8. The van der Waals surface area contributed by atoms with Gasteiger partial charge in [0.2, 0.25) is 0 Å². The maximum atomic E-state index is 12.8. The number of unbranched alkanes of at least 4 members (excludes halogenated alkanes) is 30. The molecule has 0 spiro atoms. The molecule has 0 aliphatic rings. The van der Waals surface area contributed by atoms with Crippen LogP contribution < -0.4 is 0 Å². The second-order valence-electron chi connectivity index (χ2n) is 18.8. The molecule has 0 bridgehead atoms. The topological polar surface area (TPSA) is 78.9 Å². The third kappa shape index (κ3) is 52.1. The summed E-state index contributed by atoms with van der Waals surface area (Å²) in [5.41, 5.74) is 0. The van der Waals surface area contributed by atoms with E-state index in [1.807, 2.05) is 0 Å². The minimum Gasteiger partial charge on any atom is -0.462 e. The Bertz CT molecular complexity index is 1200. The number of hydrogen-bond donors (Lipinski definition) is 0. The molecule has 0 aromatic rings. The molecule has 0 aromatic heterocycles. The second kappa shape index (κ2) is 54.7. The molecule has 0 amide bonds. The standard InChI is InChI=1S/C60H106O6/c1-4-7-10-13-16-19-22-25-27-29-30-32-34-36-39-42-45-48-51-54-60(63)66-57(55-64-58(61)52-49-46-43-40-37-24-21-18-15-12-9-6-3)56-65-59(62)53-50-47-44-41-38-35-33-31-28-26-23-20-17-14-11-8-5-2/h7,10,16,19,25,27,30,32,36,39,57H,4-6,8-9,11-15,17-18,20-24,26,28-29,31,33-35,37-38,40-56H2,1-3H3/b10-7-,19-16-,27-25-,32-30-,39-36-/t57-/m0/s1. The van der Waals surface area contributed by atoms with Gasteiger partial charge in [-0.2, -0.15) is 0 Å². The zero-order chi connectivity index (χ0) is 47.9. The molecule has 0 saturated heterocycles. The molecule has 6 nitrogen and oxygen atoms in total. The molecule has 0 radical (unpaired) electrons. The summed E-state index contributed by atoms with van der Waals surface area (Å²) in [6.45, 7) is 6.52. The minimum absolute atomic E-state index is 0.0838. The predicted octanol–water partition coefficient (Wildman–Crippen LogP) is 18.8. The Morgan fingerprint density at radius 2 is 0.591 bits per heavy atom. The van der Waals surface area contributed by atoms with Crippen molar-refractivity contribution in [2.45, 2.75) is 290 Å². The van der Waals surface area contributed by atoms with Crippen molar-refractivity contribution in [3.05, 3.63) is 60.8 Å². The summed E-state index contributed by atoms with van der Waals surface area (Å²) in [5, 5.41) is 0. The highest BCUT2D eigenvalue weighted by atomic mass is 16.6. The number of rotatable bonds is 51. The van der Waals surface area contributed by atoms with E-state index in [9.17, 15) is 14.4 Å². The van der Waals surface area contributed by atoms with Crippen LogP contribution in [0.4, 0.5) is 0 Å². The lowest BCUT2D eigenvalue weighted by Gasteiger charge is -2.18. The van der Waals surface area contributed by atoms with E-state index in [4.69, 9.17) is 14.2 Å². The molecule has 0 aliphatic heterocycles. The van der Waals surface area contributed by atoms with Crippen LogP contribution >= 0.6 is 0 Å². The van der Waals surface area contributed by atoms with Crippen molar-refractivity contribution in [2.75, 3.05) is 13.2 Å². The molecule has 0 rings (SSSR count). The van der Waals surface area contributed by atoms with Gasteiger partial charge in [-0.25, -0.2) is 0 Å². The van der Waals surface area contributed by atoms with E-state index in [0.29, 0.717) is 19.3 Å². The molecule has 0 N–H and O–H groups in total. The smallest absolute Gasteiger partial charge is 0.306 e. The molecule has 0 fully saturated rings. The van der Waals surface area contributed by atoms with E-state index in [2.05, 4.69) is 81.5 Å². The normalized spacial score (nSPS) is 12.5. The number of carbonyl (C=O) groups is 3. The first-order valence-electron chi connectivity index (χ1n) is 28.3. The summed E-state index contributed by atoms with van der Waals surface area (Å²) in [6, 6.07) is 0. The number of ether oxygens (including phenoxy) is 3. The first-order chi connectivity index (χ1) is 32.5. The van der Waals surface area contributed by atoms with Crippen LogP contribution in [0.15, 0.2) is 60.8 Å². The van der Waals surface area contributed by atoms with Gasteiger partial charge in [0, 0.05) is 19.3 Å². The first kappa shape index (κ1) is 63.1. The van der Waals surface area contributed by atoms with Crippen molar-refractivity contribution in [2.24, 2.45) is 0 Å². The average molecular weight is 924 g/mol. The van der Waals surface area contributed by atoms with Gasteiger partial charge < -0.3 is 14.2 Å². The Labute approximate surface area is 409 Å². The van der Waals surface area contributed by atoms with Crippen LogP contribution in [0.2, 0.25) is 0 Å².